The summed E-state index contributed by atoms with van der Waals surface area (Å²) in [7, 11) is 0. The summed E-state index contributed by atoms with van der Waals surface area (Å²) < 4.78 is 0. The first-order valence-corrected chi connectivity index (χ1v) is 6.92. The summed E-state index contributed by atoms with van der Waals surface area (Å²) in [4.78, 5) is 12.6. The Morgan fingerprint density at radius 2 is 2.35 bits per heavy atom. The molecule has 0 aromatic carbocycles. The van der Waals surface area contributed by atoms with E-state index in [1.165, 1.54) is 4.88 Å². The number of aliphatic carboxylic acids is 1. The smallest absolute Gasteiger partial charge is 0.323 e. The molecule has 1 aliphatic carbocycles. The molecule has 1 aromatic rings. The first-order valence-electron chi connectivity index (χ1n) is 6.04. The van der Waals surface area contributed by atoms with Crippen molar-refractivity contribution >= 4 is 17.3 Å². The molecule has 4 heteroatoms. The molecule has 94 valence electrons. The number of hydrogen-bond acceptors (Lipinski definition) is 3. The van der Waals surface area contributed by atoms with Crippen LogP contribution >= 0.6 is 11.3 Å². The van der Waals surface area contributed by atoms with E-state index in [4.69, 9.17) is 0 Å². The third-order valence-electron chi connectivity index (χ3n) is 3.75. The Hall–Kier alpha value is -0.870. The molecule has 1 heterocycles. The van der Waals surface area contributed by atoms with Gasteiger partial charge in [0.15, 0.2) is 0 Å². The van der Waals surface area contributed by atoms with Crippen LogP contribution in [0.4, 0.5) is 0 Å². The van der Waals surface area contributed by atoms with Crippen LogP contribution in [-0.2, 0) is 11.3 Å². The lowest BCUT2D eigenvalue weighted by molar-refractivity contribution is -0.152. The van der Waals surface area contributed by atoms with Crippen LogP contribution < -0.4 is 5.32 Å². The Morgan fingerprint density at radius 3 is 2.82 bits per heavy atom. The molecule has 17 heavy (non-hydrogen) atoms. The molecule has 0 atom stereocenters. The van der Waals surface area contributed by atoms with E-state index in [-0.39, 0.29) is 0 Å². The lowest BCUT2D eigenvalue weighted by Crippen LogP contribution is -2.61. The van der Waals surface area contributed by atoms with E-state index < -0.39 is 11.5 Å². The van der Waals surface area contributed by atoms with Crippen molar-refractivity contribution in [2.75, 3.05) is 0 Å². The fourth-order valence-corrected chi connectivity index (χ4v) is 3.02. The van der Waals surface area contributed by atoms with Gasteiger partial charge in [0.1, 0.15) is 5.54 Å². The van der Waals surface area contributed by atoms with Crippen LogP contribution in [0.3, 0.4) is 0 Å². The van der Waals surface area contributed by atoms with Gasteiger partial charge in [0, 0.05) is 11.4 Å². The molecule has 0 saturated heterocycles. The van der Waals surface area contributed by atoms with E-state index in [9.17, 15) is 9.90 Å². The van der Waals surface area contributed by atoms with Crippen LogP contribution in [0.25, 0.3) is 0 Å². The average molecular weight is 253 g/mol. The highest BCUT2D eigenvalue weighted by atomic mass is 32.1. The second-order valence-electron chi connectivity index (χ2n) is 5.23. The first kappa shape index (κ1) is 12.6. The minimum absolute atomic E-state index is 0.543. The molecule has 0 bridgehead atoms. The van der Waals surface area contributed by atoms with Crippen molar-refractivity contribution in [1.29, 1.82) is 0 Å². The summed E-state index contributed by atoms with van der Waals surface area (Å²) in [5.41, 5.74) is -0.682. The molecule has 1 saturated carbocycles. The van der Waals surface area contributed by atoms with Crippen LogP contribution in [0.2, 0.25) is 0 Å². The van der Waals surface area contributed by atoms with Crippen LogP contribution in [0.5, 0.6) is 0 Å². The third kappa shape index (κ3) is 2.53. The van der Waals surface area contributed by atoms with Crippen molar-refractivity contribution in [3.8, 4) is 0 Å². The summed E-state index contributed by atoms with van der Waals surface area (Å²) in [6, 6.07) is 4.03. The molecule has 2 N–H and O–H groups in total. The number of hydrogen-bond donors (Lipinski definition) is 2. The largest absolute Gasteiger partial charge is 0.480 e. The van der Waals surface area contributed by atoms with Crippen molar-refractivity contribution in [2.24, 2.45) is 11.8 Å². The van der Waals surface area contributed by atoms with Gasteiger partial charge in [-0.3, -0.25) is 10.1 Å². The number of carbonyl (C=O) groups is 1. The van der Waals surface area contributed by atoms with Gasteiger partial charge in [-0.05, 0) is 36.1 Å². The molecular formula is C13H19NO2S. The zero-order chi connectivity index (χ0) is 12.5. The average Bonchev–Trinajstić information content (AvgIpc) is 2.67. The van der Waals surface area contributed by atoms with Gasteiger partial charge < -0.3 is 5.11 Å². The molecule has 0 radical (unpaired) electrons. The predicted octanol–water partition coefficient (Wildman–Crippen LogP) is 2.73. The van der Waals surface area contributed by atoms with Crippen LogP contribution in [-0.4, -0.2) is 16.6 Å². The lowest BCUT2D eigenvalue weighted by Gasteiger charge is -2.46. The van der Waals surface area contributed by atoms with Gasteiger partial charge in [-0.2, -0.15) is 0 Å². The van der Waals surface area contributed by atoms with E-state index in [1.807, 2.05) is 17.5 Å². The minimum atomic E-state index is -0.703. The van der Waals surface area contributed by atoms with E-state index in [0.717, 1.165) is 12.8 Å². The van der Waals surface area contributed by atoms with Crippen molar-refractivity contribution < 1.29 is 9.90 Å². The van der Waals surface area contributed by atoms with E-state index in [0.29, 0.717) is 18.4 Å². The number of rotatable bonds is 5. The molecule has 1 aliphatic rings. The summed E-state index contributed by atoms with van der Waals surface area (Å²) in [5.74, 6) is 0.416. The summed E-state index contributed by atoms with van der Waals surface area (Å²) in [6.07, 6.45) is 1.51. The number of carboxylic acid groups (broad SMARTS) is 1. The molecule has 0 amide bonds. The van der Waals surface area contributed by atoms with Crippen molar-refractivity contribution in [3.05, 3.63) is 22.4 Å². The van der Waals surface area contributed by atoms with Gasteiger partial charge in [0.05, 0.1) is 0 Å². The number of nitrogens with one attached hydrogen (secondary N) is 1. The maximum absolute atomic E-state index is 11.4. The Morgan fingerprint density at radius 1 is 1.65 bits per heavy atom. The quantitative estimate of drug-likeness (QED) is 0.848. The zero-order valence-corrected chi connectivity index (χ0v) is 11.1. The van der Waals surface area contributed by atoms with E-state index in [2.05, 4.69) is 19.2 Å². The molecular weight excluding hydrogens is 234 g/mol. The summed E-state index contributed by atoms with van der Waals surface area (Å²) in [6.45, 7) is 4.99. The highest BCUT2D eigenvalue weighted by Crippen LogP contribution is 2.42. The first-order chi connectivity index (χ1) is 8.03. The van der Waals surface area contributed by atoms with E-state index in [1.54, 1.807) is 11.3 Å². The highest BCUT2D eigenvalue weighted by Gasteiger charge is 2.50. The van der Waals surface area contributed by atoms with Gasteiger partial charge in [0.25, 0.3) is 0 Å². The maximum atomic E-state index is 11.4. The normalized spacial score (nSPS) is 28.1. The zero-order valence-electron chi connectivity index (χ0n) is 10.3. The van der Waals surface area contributed by atoms with Crippen molar-refractivity contribution in [2.45, 2.75) is 38.8 Å². The fourth-order valence-electron chi connectivity index (χ4n) is 2.37. The molecule has 2 rings (SSSR count). The van der Waals surface area contributed by atoms with Crippen LogP contribution in [0.15, 0.2) is 17.5 Å². The molecule has 1 fully saturated rings. The molecule has 0 aliphatic heterocycles. The monoisotopic (exact) mass is 253 g/mol. The molecule has 0 unspecified atom stereocenters. The Labute approximate surface area is 106 Å². The Balaban J connectivity index is 1.93. The topological polar surface area (TPSA) is 49.3 Å². The number of carboxylic acids is 1. The van der Waals surface area contributed by atoms with Gasteiger partial charge in [-0.25, -0.2) is 0 Å². The Kier molecular flexibility index (Phi) is 3.54. The van der Waals surface area contributed by atoms with Crippen LogP contribution in [0.1, 0.15) is 31.6 Å². The highest BCUT2D eigenvalue weighted by molar-refractivity contribution is 7.09. The SMILES string of the molecule is CC(C)C1CC(NCc2cccs2)(C(=O)O)C1. The Bertz CT molecular complexity index is 380. The minimum Gasteiger partial charge on any atom is -0.480 e. The third-order valence-corrected chi connectivity index (χ3v) is 4.63. The van der Waals surface area contributed by atoms with Crippen molar-refractivity contribution in [3.63, 3.8) is 0 Å². The predicted molar refractivity (Wildman–Crippen MR) is 69.1 cm³/mol. The maximum Gasteiger partial charge on any atom is 0.323 e. The standard InChI is InChI=1S/C13H19NO2S/c1-9(2)10-6-13(7-10,12(15)16)14-8-11-4-3-5-17-11/h3-5,9-10,14H,6-8H2,1-2H3,(H,15,16). The second kappa shape index (κ2) is 4.78. The summed E-state index contributed by atoms with van der Waals surface area (Å²) in [5, 5.41) is 14.6. The number of thiophene rings is 1. The summed E-state index contributed by atoms with van der Waals surface area (Å²) >= 11 is 1.66. The fraction of sp³-hybridized carbons (Fsp3) is 0.615. The van der Waals surface area contributed by atoms with Crippen LogP contribution in [0, 0.1) is 11.8 Å². The second-order valence-corrected chi connectivity index (χ2v) is 6.26. The van der Waals surface area contributed by atoms with Gasteiger partial charge in [-0.1, -0.05) is 19.9 Å². The van der Waals surface area contributed by atoms with Gasteiger partial charge in [-0.15, -0.1) is 11.3 Å². The molecule has 3 nitrogen and oxygen atoms in total. The van der Waals surface area contributed by atoms with Crippen molar-refractivity contribution in [1.82, 2.24) is 5.32 Å². The molecule has 1 aromatic heterocycles. The van der Waals surface area contributed by atoms with Gasteiger partial charge >= 0.3 is 5.97 Å². The molecule has 0 spiro atoms. The lowest BCUT2D eigenvalue weighted by atomic mass is 9.64. The van der Waals surface area contributed by atoms with E-state index >= 15 is 0 Å². The van der Waals surface area contributed by atoms with Gasteiger partial charge in [0.2, 0.25) is 0 Å².